The van der Waals surface area contributed by atoms with Crippen molar-refractivity contribution in [3.8, 4) is 5.75 Å². The summed E-state index contributed by atoms with van der Waals surface area (Å²) in [6.07, 6.45) is -3.69. The maximum Gasteiger partial charge on any atom is 0.416 e. The SMILES string of the molecule is COc1ccc(C(=O)N2C[C@H](C(=O)NCCC(C)C)[C@@H](c3cccc(C(F)(F)F)c3)C2)cc1. The van der Waals surface area contributed by atoms with Crippen molar-refractivity contribution in [1.29, 1.82) is 0 Å². The summed E-state index contributed by atoms with van der Waals surface area (Å²) in [7, 11) is 1.53. The van der Waals surface area contributed by atoms with E-state index < -0.39 is 23.6 Å². The number of benzene rings is 2. The number of rotatable bonds is 7. The molecule has 1 fully saturated rings. The maximum absolute atomic E-state index is 13.3. The fourth-order valence-electron chi connectivity index (χ4n) is 4.05. The first-order chi connectivity index (χ1) is 15.6. The molecule has 0 aliphatic carbocycles. The van der Waals surface area contributed by atoms with Crippen LogP contribution in [0.2, 0.25) is 0 Å². The zero-order valence-corrected chi connectivity index (χ0v) is 19.0. The van der Waals surface area contributed by atoms with Gasteiger partial charge in [0.15, 0.2) is 0 Å². The number of hydrogen-bond donors (Lipinski definition) is 1. The summed E-state index contributed by atoms with van der Waals surface area (Å²) < 4.78 is 45.0. The lowest BCUT2D eigenvalue weighted by molar-refractivity contribution is -0.137. The number of methoxy groups -OCH3 is 1. The van der Waals surface area contributed by atoms with Gasteiger partial charge in [0.25, 0.3) is 5.91 Å². The molecular formula is C25H29F3N2O3. The van der Waals surface area contributed by atoms with Crippen LogP contribution < -0.4 is 10.1 Å². The summed E-state index contributed by atoms with van der Waals surface area (Å²) in [4.78, 5) is 27.6. The summed E-state index contributed by atoms with van der Waals surface area (Å²) in [5, 5.41) is 2.90. The predicted molar refractivity (Wildman–Crippen MR) is 119 cm³/mol. The summed E-state index contributed by atoms with van der Waals surface area (Å²) in [5.74, 6) is -0.676. The number of amides is 2. The largest absolute Gasteiger partial charge is 0.497 e. The zero-order valence-electron chi connectivity index (χ0n) is 19.0. The zero-order chi connectivity index (χ0) is 24.2. The fourth-order valence-corrected chi connectivity index (χ4v) is 4.05. The smallest absolute Gasteiger partial charge is 0.416 e. The molecule has 0 bridgehead atoms. The van der Waals surface area contributed by atoms with Crippen LogP contribution in [-0.4, -0.2) is 43.5 Å². The molecule has 0 radical (unpaired) electrons. The Hall–Kier alpha value is -3.03. The van der Waals surface area contributed by atoms with E-state index in [1.165, 1.54) is 13.2 Å². The summed E-state index contributed by atoms with van der Waals surface area (Å²) in [6.45, 7) is 4.87. The van der Waals surface area contributed by atoms with Crippen LogP contribution in [0, 0.1) is 11.8 Å². The minimum absolute atomic E-state index is 0.138. The van der Waals surface area contributed by atoms with Crippen LogP contribution >= 0.6 is 0 Å². The molecule has 33 heavy (non-hydrogen) atoms. The molecule has 0 aromatic heterocycles. The van der Waals surface area contributed by atoms with Gasteiger partial charge in [0.05, 0.1) is 18.6 Å². The van der Waals surface area contributed by atoms with Crippen molar-refractivity contribution < 1.29 is 27.5 Å². The van der Waals surface area contributed by atoms with E-state index in [2.05, 4.69) is 5.32 Å². The number of nitrogens with one attached hydrogen (secondary N) is 1. The Labute approximate surface area is 191 Å². The lowest BCUT2D eigenvalue weighted by atomic mass is 9.87. The molecule has 2 aromatic rings. The van der Waals surface area contributed by atoms with Crippen molar-refractivity contribution in [2.24, 2.45) is 11.8 Å². The first-order valence-corrected chi connectivity index (χ1v) is 11.0. The molecule has 8 heteroatoms. The van der Waals surface area contributed by atoms with Gasteiger partial charge >= 0.3 is 6.18 Å². The van der Waals surface area contributed by atoms with E-state index in [1.807, 2.05) is 13.8 Å². The molecule has 5 nitrogen and oxygen atoms in total. The summed E-state index contributed by atoms with van der Waals surface area (Å²) in [6, 6.07) is 11.6. The Kier molecular flexibility index (Phi) is 7.66. The number of carbonyl (C=O) groups excluding carboxylic acids is 2. The average molecular weight is 463 g/mol. The molecule has 1 aliphatic heterocycles. The highest BCUT2D eigenvalue weighted by Crippen LogP contribution is 2.37. The number of halogens is 3. The Balaban J connectivity index is 1.86. The predicted octanol–water partition coefficient (Wildman–Crippen LogP) is 4.73. The average Bonchev–Trinajstić information content (AvgIpc) is 3.23. The summed E-state index contributed by atoms with van der Waals surface area (Å²) in [5.41, 5.74) is 0.0669. The van der Waals surface area contributed by atoms with E-state index >= 15 is 0 Å². The highest BCUT2D eigenvalue weighted by atomic mass is 19.4. The van der Waals surface area contributed by atoms with E-state index in [9.17, 15) is 22.8 Å². The fraction of sp³-hybridized carbons (Fsp3) is 0.440. The normalized spacial score (nSPS) is 18.5. The Morgan fingerprint density at radius 3 is 2.42 bits per heavy atom. The molecule has 0 saturated carbocycles. The van der Waals surface area contributed by atoms with Gasteiger partial charge in [-0.2, -0.15) is 13.2 Å². The first kappa shape index (κ1) is 24.6. The number of nitrogens with zero attached hydrogens (tertiary/aromatic N) is 1. The number of ether oxygens (including phenoxy) is 1. The van der Waals surface area contributed by atoms with Gasteiger partial charge in [-0.25, -0.2) is 0 Å². The molecule has 178 valence electrons. The van der Waals surface area contributed by atoms with E-state index in [1.54, 1.807) is 35.2 Å². The molecule has 1 N–H and O–H groups in total. The molecule has 2 atom stereocenters. The van der Waals surface area contributed by atoms with Crippen molar-refractivity contribution in [3.05, 3.63) is 65.2 Å². The van der Waals surface area contributed by atoms with Crippen molar-refractivity contribution in [3.63, 3.8) is 0 Å². The van der Waals surface area contributed by atoms with Gasteiger partial charge in [-0.3, -0.25) is 9.59 Å². The van der Waals surface area contributed by atoms with Gasteiger partial charge in [-0.15, -0.1) is 0 Å². The molecular weight excluding hydrogens is 433 g/mol. The highest BCUT2D eigenvalue weighted by Gasteiger charge is 2.41. The van der Waals surface area contributed by atoms with Gasteiger partial charge in [0.2, 0.25) is 5.91 Å². The van der Waals surface area contributed by atoms with Gasteiger partial charge in [0, 0.05) is 31.1 Å². The van der Waals surface area contributed by atoms with Crippen molar-refractivity contribution in [1.82, 2.24) is 10.2 Å². The van der Waals surface area contributed by atoms with Gasteiger partial charge in [-0.05, 0) is 48.2 Å². The molecule has 1 heterocycles. The van der Waals surface area contributed by atoms with E-state index in [-0.39, 0.29) is 24.9 Å². The van der Waals surface area contributed by atoms with Crippen LogP contribution in [0.3, 0.4) is 0 Å². The molecule has 2 amide bonds. The van der Waals surface area contributed by atoms with Gasteiger partial charge in [0.1, 0.15) is 5.75 Å². The van der Waals surface area contributed by atoms with Crippen LogP contribution in [-0.2, 0) is 11.0 Å². The second-order valence-corrected chi connectivity index (χ2v) is 8.75. The minimum Gasteiger partial charge on any atom is -0.497 e. The second kappa shape index (κ2) is 10.3. The molecule has 1 saturated heterocycles. The molecule has 0 unspecified atom stereocenters. The van der Waals surface area contributed by atoms with E-state index in [4.69, 9.17) is 4.74 Å². The number of alkyl halides is 3. The minimum atomic E-state index is -4.48. The van der Waals surface area contributed by atoms with Gasteiger partial charge < -0.3 is 15.0 Å². The van der Waals surface area contributed by atoms with E-state index in [0.29, 0.717) is 29.3 Å². The molecule has 0 spiro atoms. The third kappa shape index (κ3) is 6.06. The van der Waals surface area contributed by atoms with E-state index in [0.717, 1.165) is 18.6 Å². The molecule has 2 aromatic carbocycles. The van der Waals surface area contributed by atoms with Crippen LogP contribution in [0.15, 0.2) is 48.5 Å². The lowest BCUT2D eigenvalue weighted by Crippen LogP contribution is -2.36. The van der Waals surface area contributed by atoms with Crippen LogP contribution in [0.25, 0.3) is 0 Å². The molecule has 3 rings (SSSR count). The van der Waals surface area contributed by atoms with Crippen LogP contribution in [0.5, 0.6) is 5.75 Å². The van der Waals surface area contributed by atoms with Crippen molar-refractivity contribution in [2.75, 3.05) is 26.7 Å². The third-order valence-corrected chi connectivity index (χ3v) is 5.94. The highest BCUT2D eigenvalue weighted by molar-refractivity contribution is 5.95. The lowest BCUT2D eigenvalue weighted by Gasteiger charge is -2.19. The summed E-state index contributed by atoms with van der Waals surface area (Å²) >= 11 is 0. The first-order valence-electron chi connectivity index (χ1n) is 11.0. The third-order valence-electron chi connectivity index (χ3n) is 5.94. The Morgan fingerprint density at radius 1 is 1.12 bits per heavy atom. The standard InChI is InChI=1S/C25H29F3N2O3/c1-16(2)11-12-29-23(31)22-15-30(24(32)17-7-9-20(33-3)10-8-17)14-21(22)18-5-4-6-19(13-18)25(26,27)28/h4-10,13,16,21-22H,11-12,14-15H2,1-3H3,(H,29,31)/t21-,22+/m1/s1. The monoisotopic (exact) mass is 462 g/mol. The van der Waals surface area contributed by atoms with Crippen LogP contribution in [0.4, 0.5) is 13.2 Å². The number of likely N-dealkylation sites (tertiary alicyclic amines) is 1. The quantitative estimate of drug-likeness (QED) is 0.647. The van der Waals surface area contributed by atoms with Crippen molar-refractivity contribution >= 4 is 11.8 Å². The van der Waals surface area contributed by atoms with Crippen LogP contribution in [0.1, 0.15) is 47.7 Å². The van der Waals surface area contributed by atoms with Crippen molar-refractivity contribution in [2.45, 2.75) is 32.4 Å². The van der Waals surface area contributed by atoms with Gasteiger partial charge in [-0.1, -0.05) is 32.0 Å². The number of carbonyl (C=O) groups is 2. The Morgan fingerprint density at radius 2 is 1.82 bits per heavy atom. The topological polar surface area (TPSA) is 58.6 Å². The number of hydrogen-bond acceptors (Lipinski definition) is 3. The maximum atomic E-state index is 13.3. The second-order valence-electron chi connectivity index (χ2n) is 8.75. The Bertz CT molecular complexity index is 974. The molecule has 1 aliphatic rings.